The summed E-state index contributed by atoms with van der Waals surface area (Å²) < 4.78 is 0. The quantitative estimate of drug-likeness (QED) is 0.699. The predicted octanol–water partition coefficient (Wildman–Crippen LogP) is 2.20. The zero-order valence-corrected chi connectivity index (χ0v) is 10.7. The van der Waals surface area contributed by atoms with Gasteiger partial charge in [-0.2, -0.15) is 0 Å². The van der Waals surface area contributed by atoms with Gasteiger partial charge in [0.15, 0.2) is 0 Å². The first-order valence-electron chi connectivity index (χ1n) is 6.74. The Kier molecular flexibility index (Phi) is 5.81. The van der Waals surface area contributed by atoms with Gasteiger partial charge in [0.2, 0.25) is 5.91 Å². The third-order valence-electron chi connectivity index (χ3n) is 3.61. The maximum absolute atomic E-state index is 11.3. The summed E-state index contributed by atoms with van der Waals surface area (Å²) in [6.45, 7) is 4.43. The van der Waals surface area contributed by atoms with E-state index in [0.29, 0.717) is 12.1 Å². The lowest BCUT2D eigenvalue weighted by atomic mass is 9.99. The van der Waals surface area contributed by atoms with E-state index in [-0.39, 0.29) is 11.8 Å². The van der Waals surface area contributed by atoms with Crippen LogP contribution >= 0.6 is 0 Å². The maximum atomic E-state index is 11.3. The van der Waals surface area contributed by atoms with Gasteiger partial charge in [-0.25, -0.2) is 0 Å². The van der Waals surface area contributed by atoms with E-state index in [1.807, 2.05) is 0 Å². The highest BCUT2D eigenvalue weighted by Gasteiger charge is 2.32. The van der Waals surface area contributed by atoms with Crippen LogP contribution in [0.4, 0.5) is 0 Å². The van der Waals surface area contributed by atoms with E-state index in [9.17, 15) is 4.79 Å². The molecule has 1 fully saturated rings. The number of primary amides is 1. The predicted molar refractivity (Wildman–Crippen MR) is 67.1 cm³/mol. The highest BCUT2D eigenvalue weighted by molar-refractivity contribution is 5.77. The van der Waals surface area contributed by atoms with Crippen LogP contribution in [-0.2, 0) is 4.79 Å². The van der Waals surface area contributed by atoms with Gasteiger partial charge >= 0.3 is 0 Å². The van der Waals surface area contributed by atoms with Crippen LogP contribution in [0, 0.1) is 5.92 Å². The number of amides is 1. The molecule has 0 spiro atoms. The van der Waals surface area contributed by atoms with Crippen LogP contribution in [0.1, 0.15) is 58.8 Å². The molecule has 1 saturated carbocycles. The zero-order chi connectivity index (χ0) is 12.0. The van der Waals surface area contributed by atoms with Crippen LogP contribution in [0.2, 0.25) is 0 Å². The monoisotopic (exact) mass is 226 g/mol. The minimum Gasteiger partial charge on any atom is -0.369 e. The number of rotatable bonds is 7. The van der Waals surface area contributed by atoms with Gasteiger partial charge < -0.3 is 11.1 Å². The second-order valence-corrected chi connectivity index (χ2v) is 4.99. The fraction of sp³-hybridized carbons (Fsp3) is 0.923. The third-order valence-corrected chi connectivity index (χ3v) is 3.61. The molecule has 0 aliphatic heterocycles. The van der Waals surface area contributed by atoms with E-state index in [4.69, 9.17) is 5.73 Å². The smallest absolute Gasteiger partial charge is 0.222 e. The molecular formula is C13H26N2O. The fourth-order valence-corrected chi connectivity index (χ4v) is 2.81. The standard InChI is InChI=1S/C13H26N2O/c1-3-6-10(7-4-2)15-12-9-5-8-11(12)13(14)16/h10-12,15H,3-9H2,1-2H3,(H2,14,16). The molecule has 3 heteroatoms. The molecule has 1 aliphatic carbocycles. The summed E-state index contributed by atoms with van der Waals surface area (Å²) >= 11 is 0. The Morgan fingerprint density at radius 3 is 2.44 bits per heavy atom. The van der Waals surface area contributed by atoms with E-state index < -0.39 is 0 Å². The van der Waals surface area contributed by atoms with Crippen molar-refractivity contribution in [1.82, 2.24) is 5.32 Å². The normalized spacial score (nSPS) is 25.2. The van der Waals surface area contributed by atoms with Crippen LogP contribution in [0.25, 0.3) is 0 Å². The topological polar surface area (TPSA) is 55.1 Å². The first-order valence-corrected chi connectivity index (χ1v) is 6.74. The molecule has 0 heterocycles. The molecule has 1 aliphatic rings. The summed E-state index contributed by atoms with van der Waals surface area (Å²) in [5.41, 5.74) is 5.43. The molecule has 2 atom stereocenters. The molecule has 0 radical (unpaired) electrons. The van der Waals surface area contributed by atoms with Crippen molar-refractivity contribution < 1.29 is 4.79 Å². The van der Waals surface area contributed by atoms with Gasteiger partial charge in [-0.1, -0.05) is 33.1 Å². The Hall–Kier alpha value is -0.570. The molecule has 3 nitrogen and oxygen atoms in total. The number of nitrogens with one attached hydrogen (secondary N) is 1. The van der Waals surface area contributed by atoms with E-state index in [1.165, 1.54) is 25.7 Å². The summed E-state index contributed by atoms with van der Waals surface area (Å²) in [4.78, 5) is 11.3. The first-order chi connectivity index (χ1) is 7.69. The minimum absolute atomic E-state index is 0.0659. The SMILES string of the molecule is CCCC(CCC)NC1CCCC1C(N)=O. The number of carbonyl (C=O) groups is 1. The van der Waals surface area contributed by atoms with E-state index in [1.54, 1.807) is 0 Å². The molecule has 3 N–H and O–H groups in total. The van der Waals surface area contributed by atoms with Crippen molar-refractivity contribution in [3.63, 3.8) is 0 Å². The van der Waals surface area contributed by atoms with Gasteiger partial charge in [-0.3, -0.25) is 4.79 Å². The van der Waals surface area contributed by atoms with Gasteiger partial charge in [0, 0.05) is 12.1 Å². The van der Waals surface area contributed by atoms with Gasteiger partial charge in [0.1, 0.15) is 0 Å². The zero-order valence-electron chi connectivity index (χ0n) is 10.7. The molecule has 1 rings (SSSR count). The van der Waals surface area contributed by atoms with E-state index >= 15 is 0 Å². The highest BCUT2D eigenvalue weighted by Crippen LogP contribution is 2.26. The van der Waals surface area contributed by atoms with Crippen molar-refractivity contribution in [1.29, 1.82) is 0 Å². The van der Waals surface area contributed by atoms with Crippen LogP contribution in [0.5, 0.6) is 0 Å². The van der Waals surface area contributed by atoms with Crippen LogP contribution < -0.4 is 11.1 Å². The van der Waals surface area contributed by atoms with Gasteiger partial charge in [0.05, 0.1) is 5.92 Å². The van der Waals surface area contributed by atoms with Crippen molar-refractivity contribution in [3.8, 4) is 0 Å². The fourth-order valence-electron chi connectivity index (χ4n) is 2.81. The first kappa shape index (κ1) is 13.5. The van der Waals surface area contributed by atoms with Crippen LogP contribution in [0.15, 0.2) is 0 Å². The molecule has 16 heavy (non-hydrogen) atoms. The molecule has 94 valence electrons. The number of carbonyl (C=O) groups excluding carboxylic acids is 1. The summed E-state index contributed by atoms with van der Waals surface area (Å²) in [5.74, 6) is -0.0574. The third kappa shape index (κ3) is 3.78. The van der Waals surface area contributed by atoms with Crippen molar-refractivity contribution in [2.24, 2.45) is 11.7 Å². The summed E-state index contributed by atoms with van der Waals surface area (Å²) in [6.07, 6.45) is 8.02. The Morgan fingerprint density at radius 2 is 1.94 bits per heavy atom. The average molecular weight is 226 g/mol. The minimum atomic E-state index is -0.123. The second-order valence-electron chi connectivity index (χ2n) is 4.99. The molecule has 0 bridgehead atoms. The Balaban J connectivity index is 2.45. The molecule has 0 saturated heterocycles. The highest BCUT2D eigenvalue weighted by atomic mass is 16.1. The lowest BCUT2D eigenvalue weighted by Gasteiger charge is -2.25. The average Bonchev–Trinajstić information content (AvgIpc) is 2.66. The Morgan fingerprint density at radius 1 is 1.31 bits per heavy atom. The Bertz CT molecular complexity index is 212. The van der Waals surface area contributed by atoms with Gasteiger partial charge in [-0.15, -0.1) is 0 Å². The lowest BCUT2D eigenvalue weighted by Crippen LogP contribution is -2.44. The maximum Gasteiger partial charge on any atom is 0.222 e. The lowest BCUT2D eigenvalue weighted by molar-refractivity contribution is -0.122. The van der Waals surface area contributed by atoms with Crippen molar-refractivity contribution in [2.75, 3.05) is 0 Å². The summed E-state index contributed by atoms with van der Waals surface area (Å²) in [5, 5.41) is 3.65. The van der Waals surface area contributed by atoms with Crippen LogP contribution in [0.3, 0.4) is 0 Å². The number of hydrogen-bond acceptors (Lipinski definition) is 2. The van der Waals surface area contributed by atoms with Crippen molar-refractivity contribution in [3.05, 3.63) is 0 Å². The van der Waals surface area contributed by atoms with E-state index in [2.05, 4.69) is 19.2 Å². The second kappa shape index (κ2) is 6.89. The summed E-state index contributed by atoms with van der Waals surface area (Å²) in [6, 6.07) is 0.903. The van der Waals surface area contributed by atoms with E-state index in [0.717, 1.165) is 19.3 Å². The van der Waals surface area contributed by atoms with Gasteiger partial charge in [-0.05, 0) is 25.7 Å². The van der Waals surface area contributed by atoms with Gasteiger partial charge in [0.25, 0.3) is 0 Å². The van der Waals surface area contributed by atoms with Crippen molar-refractivity contribution >= 4 is 5.91 Å². The molecule has 0 aromatic rings. The molecule has 0 aromatic heterocycles. The molecular weight excluding hydrogens is 200 g/mol. The van der Waals surface area contributed by atoms with Crippen molar-refractivity contribution in [2.45, 2.75) is 70.9 Å². The number of nitrogens with two attached hydrogens (primary N) is 1. The Labute approximate surface area is 99.2 Å². The molecule has 0 aromatic carbocycles. The van der Waals surface area contributed by atoms with Crippen LogP contribution in [-0.4, -0.2) is 18.0 Å². The largest absolute Gasteiger partial charge is 0.369 e. The molecule has 2 unspecified atom stereocenters. The summed E-state index contributed by atoms with van der Waals surface area (Å²) in [7, 11) is 0. The molecule has 1 amide bonds. The number of hydrogen-bond donors (Lipinski definition) is 2.